The second kappa shape index (κ2) is 5.62. The Hall–Kier alpha value is -1.91. The molecule has 0 aliphatic carbocycles. The summed E-state index contributed by atoms with van der Waals surface area (Å²) in [7, 11) is 0. The van der Waals surface area contributed by atoms with Crippen molar-refractivity contribution in [2.45, 2.75) is 39.3 Å². The number of hydrogen-bond donors (Lipinski definition) is 0. The van der Waals surface area contributed by atoms with E-state index in [0.29, 0.717) is 0 Å². The van der Waals surface area contributed by atoms with Gasteiger partial charge in [-0.1, -0.05) is 12.1 Å². The molecule has 96 valence electrons. The molecular formula is C13H17N3O2. The first-order valence-corrected chi connectivity index (χ1v) is 6.12. The first-order valence-electron chi connectivity index (χ1n) is 6.12. The van der Waals surface area contributed by atoms with Crippen molar-refractivity contribution in [3.05, 3.63) is 24.3 Å². The number of carbonyl (C=O) groups excluding carboxylic acids is 1. The molecule has 0 radical (unpaired) electrons. The molecule has 2 rings (SSSR count). The summed E-state index contributed by atoms with van der Waals surface area (Å²) in [4.78, 5) is 12.5. The molecule has 5 nitrogen and oxygen atoms in total. The molecule has 0 fully saturated rings. The van der Waals surface area contributed by atoms with Crippen LogP contribution >= 0.6 is 0 Å². The van der Waals surface area contributed by atoms with Gasteiger partial charge in [-0.2, -0.15) is 15.0 Å². The molecule has 0 amide bonds. The fourth-order valence-corrected chi connectivity index (χ4v) is 1.87. The van der Waals surface area contributed by atoms with Crippen LogP contribution < -0.4 is 0 Å². The van der Waals surface area contributed by atoms with E-state index in [0.717, 1.165) is 30.4 Å². The van der Waals surface area contributed by atoms with Crippen LogP contribution in [-0.2, 0) is 16.1 Å². The van der Waals surface area contributed by atoms with Gasteiger partial charge in [-0.3, -0.25) is 4.79 Å². The molecule has 0 N–H and O–H groups in total. The zero-order valence-corrected chi connectivity index (χ0v) is 10.7. The summed E-state index contributed by atoms with van der Waals surface area (Å²) in [5.74, 6) is -0.231. The third-order valence-corrected chi connectivity index (χ3v) is 2.66. The van der Waals surface area contributed by atoms with Crippen LogP contribution in [0.25, 0.3) is 11.0 Å². The SMILES string of the molecule is CC(=O)O[C@H](C)CCCn1nc2ccccc2n1. The summed E-state index contributed by atoms with van der Waals surface area (Å²) in [5.41, 5.74) is 1.82. The summed E-state index contributed by atoms with van der Waals surface area (Å²) in [6, 6.07) is 7.79. The van der Waals surface area contributed by atoms with E-state index in [9.17, 15) is 4.79 Å². The van der Waals surface area contributed by atoms with E-state index in [1.165, 1.54) is 6.92 Å². The molecule has 0 saturated heterocycles. The highest BCUT2D eigenvalue weighted by Gasteiger charge is 2.06. The minimum absolute atomic E-state index is 0.0486. The van der Waals surface area contributed by atoms with Crippen LogP contribution in [0.15, 0.2) is 24.3 Å². The second-order valence-electron chi connectivity index (χ2n) is 4.35. The summed E-state index contributed by atoms with van der Waals surface area (Å²) in [6.45, 7) is 4.06. The van der Waals surface area contributed by atoms with Crippen LogP contribution in [0, 0.1) is 0 Å². The van der Waals surface area contributed by atoms with Crippen molar-refractivity contribution in [2.75, 3.05) is 0 Å². The minimum atomic E-state index is -0.231. The van der Waals surface area contributed by atoms with E-state index in [1.54, 1.807) is 4.80 Å². The number of aromatic nitrogens is 3. The van der Waals surface area contributed by atoms with Gasteiger partial charge in [0.2, 0.25) is 0 Å². The van der Waals surface area contributed by atoms with Crippen LogP contribution in [0.2, 0.25) is 0 Å². The van der Waals surface area contributed by atoms with E-state index < -0.39 is 0 Å². The van der Waals surface area contributed by atoms with Gasteiger partial charge in [0.05, 0.1) is 12.6 Å². The zero-order valence-electron chi connectivity index (χ0n) is 10.7. The molecule has 1 aromatic heterocycles. The number of benzene rings is 1. The van der Waals surface area contributed by atoms with E-state index in [4.69, 9.17) is 4.74 Å². The van der Waals surface area contributed by atoms with Gasteiger partial charge in [0, 0.05) is 6.92 Å². The lowest BCUT2D eigenvalue weighted by atomic mass is 10.2. The van der Waals surface area contributed by atoms with Gasteiger partial charge in [-0.25, -0.2) is 0 Å². The van der Waals surface area contributed by atoms with Crippen LogP contribution in [0.5, 0.6) is 0 Å². The number of nitrogens with zero attached hydrogens (tertiary/aromatic N) is 3. The minimum Gasteiger partial charge on any atom is -0.463 e. The lowest BCUT2D eigenvalue weighted by Crippen LogP contribution is -2.13. The van der Waals surface area contributed by atoms with Gasteiger partial charge in [-0.05, 0) is 31.9 Å². The number of rotatable bonds is 5. The molecule has 1 atom stereocenters. The van der Waals surface area contributed by atoms with Crippen molar-refractivity contribution in [2.24, 2.45) is 0 Å². The van der Waals surface area contributed by atoms with Crippen molar-refractivity contribution in [3.63, 3.8) is 0 Å². The predicted octanol–water partition coefficient (Wildman–Crippen LogP) is 2.16. The molecule has 5 heteroatoms. The molecular weight excluding hydrogens is 230 g/mol. The lowest BCUT2D eigenvalue weighted by Gasteiger charge is -2.10. The molecule has 0 spiro atoms. The Kier molecular flexibility index (Phi) is 3.92. The quantitative estimate of drug-likeness (QED) is 0.760. The number of fused-ring (bicyclic) bond motifs is 1. The second-order valence-corrected chi connectivity index (χ2v) is 4.35. The normalized spacial score (nSPS) is 12.6. The van der Waals surface area contributed by atoms with Gasteiger partial charge in [0.25, 0.3) is 0 Å². The van der Waals surface area contributed by atoms with Gasteiger partial charge >= 0.3 is 5.97 Å². The monoisotopic (exact) mass is 247 g/mol. The first-order chi connectivity index (χ1) is 8.65. The summed E-state index contributed by atoms with van der Waals surface area (Å²) < 4.78 is 5.06. The number of hydrogen-bond acceptors (Lipinski definition) is 4. The Balaban J connectivity index is 1.85. The molecule has 0 saturated carbocycles. The van der Waals surface area contributed by atoms with Gasteiger partial charge in [0.1, 0.15) is 11.0 Å². The van der Waals surface area contributed by atoms with Gasteiger partial charge < -0.3 is 4.74 Å². The topological polar surface area (TPSA) is 57.0 Å². The molecule has 2 aromatic rings. The largest absolute Gasteiger partial charge is 0.463 e. The van der Waals surface area contributed by atoms with Gasteiger partial charge in [0.15, 0.2) is 0 Å². The van der Waals surface area contributed by atoms with Crippen LogP contribution in [0.4, 0.5) is 0 Å². The molecule has 1 heterocycles. The van der Waals surface area contributed by atoms with Crippen molar-refractivity contribution in [1.82, 2.24) is 15.0 Å². The predicted molar refractivity (Wildman–Crippen MR) is 68.0 cm³/mol. The molecule has 18 heavy (non-hydrogen) atoms. The number of carbonyl (C=O) groups is 1. The molecule has 0 aliphatic heterocycles. The Morgan fingerprint density at radius 3 is 2.50 bits per heavy atom. The standard InChI is InChI=1S/C13H17N3O2/c1-10(18-11(2)17)6-5-9-16-14-12-7-3-4-8-13(12)15-16/h3-4,7-8,10H,5-6,9H2,1-2H3/t10-/m1/s1. The zero-order chi connectivity index (χ0) is 13.0. The first kappa shape index (κ1) is 12.5. The maximum Gasteiger partial charge on any atom is 0.302 e. The molecule has 0 unspecified atom stereocenters. The third kappa shape index (κ3) is 3.29. The summed E-state index contributed by atoms with van der Waals surface area (Å²) in [6.07, 6.45) is 1.65. The number of ether oxygens (including phenoxy) is 1. The average molecular weight is 247 g/mol. The third-order valence-electron chi connectivity index (χ3n) is 2.66. The fourth-order valence-electron chi connectivity index (χ4n) is 1.87. The van der Waals surface area contributed by atoms with E-state index in [-0.39, 0.29) is 12.1 Å². The average Bonchev–Trinajstić information content (AvgIpc) is 2.70. The summed E-state index contributed by atoms with van der Waals surface area (Å²) >= 11 is 0. The van der Waals surface area contributed by atoms with E-state index >= 15 is 0 Å². The van der Waals surface area contributed by atoms with Crippen LogP contribution in [0.1, 0.15) is 26.7 Å². The Morgan fingerprint density at radius 1 is 1.33 bits per heavy atom. The Bertz CT molecular complexity index is 503. The van der Waals surface area contributed by atoms with Crippen molar-refractivity contribution < 1.29 is 9.53 Å². The highest BCUT2D eigenvalue weighted by molar-refractivity contribution is 5.72. The van der Waals surface area contributed by atoms with Crippen molar-refractivity contribution in [1.29, 1.82) is 0 Å². The summed E-state index contributed by atoms with van der Waals surface area (Å²) in [5, 5.41) is 8.74. The number of esters is 1. The fraction of sp³-hybridized carbons (Fsp3) is 0.462. The molecule has 0 bridgehead atoms. The lowest BCUT2D eigenvalue weighted by molar-refractivity contribution is -0.145. The van der Waals surface area contributed by atoms with E-state index in [1.807, 2.05) is 31.2 Å². The smallest absolute Gasteiger partial charge is 0.302 e. The Morgan fingerprint density at radius 2 is 1.94 bits per heavy atom. The van der Waals surface area contributed by atoms with Crippen LogP contribution in [-0.4, -0.2) is 27.1 Å². The highest BCUT2D eigenvalue weighted by Crippen LogP contribution is 2.08. The maximum absolute atomic E-state index is 10.8. The highest BCUT2D eigenvalue weighted by atomic mass is 16.5. The van der Waals surface area contributed by atoms with Crippen LogP contribution in [0.3, 0.4) is 0 Å². The molecule has 1 aromatic carbocycles. The maximum atomic E-state index is 10.8. The van der Waals surface area contributed by atoms with Gasteiger partial charge in [-0.15, -0.1) is 0 Å². The molecule has 0 aliphatic rings. The van der Waals surface area contributed by atoms with Crippen molar-refractivity contribution >= 4 is 17.0 Å². The van der Waals surface area contributed by atoms with E-state index in [2.05, 4.69) is 10.2 Å². The Labute approximate surface area is 106 Å². The van der Waals surface area contributed by atoms with Crippen molar-refractivity contribution in [3.8, 4) is 0 Å². The number of aryl methyl sites for hydroxylation is 1.